The molecular weight excluding hydrogens is 256 g/mol. The molecule has 3 heteroatoms. The van der Waals surface area contributed by atoms with Crippen LogP contribution < -0.4 is 0 Å². The van der Waals surface area contributed by atoms with Gasteiger partial charge < -0.3 is 0 Å². The van der Waals surface area contributed by atoms with Gasteiger partial charge in [0.2, 0.25) is 0 Å². The third kappa shape index (κ3) is 3.32. The highest BCUT2D eigenvalue weighted by Gasteiger charge is 2.14. The van der Waals surface area contributed by atoms with Crippen molar-refractivity contribution in [3.05, 3.63) is 71.8 Å². The molecule has 2 nitrogen and oxygen atoms in total. The summed E-state index contributed by atoms with van der Waals surface area (Å²) in [4.78, 5) is 0.367. The van der Waals surface area contributed by atoms with Gasteiger partial charge in [0.15, 0.2) is 9.84 Å². The summed E-state index contributed by atoms with van der Waals surface area (Å²) in [5, 5.41) is 0. The van der Waals surface area contributed by atoms with Crippen LogP contribution in [0.2, 0.25) is 0 Å². The van der Waals surface area contributed by atoms with Crippen LogP contribution in [-0.4, -0.2) is 8.42 Å². The Balaban J connectivity index is 2.25. The Labute approximate surface area is 114 Å². The zero-order valence-electron chi connectivity index (χ0n) is 10.8. The van der Waals surface area contributed by atoms with E-state index >= 15 is 0 Å². The van der Waals surface area contributed by atoms with Gasteiger partial charge in [-0.05, 0) is 30.2 Å². The third-order valence-electron chi connectivity index (χ3n) is 2.95. The average molecular weight is 272 g/mol. The quantitative estimate of drug-likeness (QED) is 0.852. The Kier molecular flexibility index (Phi) is 3.86. The molecule has 0 aliphatic carbocycles. The first-order valence-corrected chi connectivity index (χ1v) is 7.67. The van der Waals surface area contributed by atoms with E-state index in [2.05, 4.69) is 6.58 Å². The van der Waals surface area contributed by atoms with Gasteiger partial charge in [-0.25, -0.2) is 8.42 Å². The second-order valence-corrected chi connectivity index (χ2v) is 6.51. The minimum atomic E-state index is -3.28. The van der Waals surface area contributed by atoms with Gasteiger partial charge >= 0.3 is 0 Å². The summed E-state index contributed by atoms with van der Waals surface area (Å²) in [5.41, 5.74) is 2.82. The highest BCUT2D eigenvalue weighted by molar-refractivity contribution is 7.90. The standard InChI is InChI=1S/C16H16O2S/c1-3-14-6-8-15(9-7-14)12-19(17,18)16-10-4-13(2)5-11-16/h3-11H,1,12H2,2H3. The zero-order chi connectivity index (χ0) is 13.9. The molecule has 2 aromatic rings. The van der Waals surface area contributed by atoms with Gasteiger partial charge in [0.1, 0.15) is 0 Å². The molecule has 0 bridgehead atoms. The van der Waals surface area contributed by atoms with Crippen LogP contribution in [0.4, 0.5) is 0 Å². The van der Waals surface area contributed by atoms with Crippen LogP contribution in [0.5, 0.6) is 0 Å². The van der Waals surface area contributed by atoms with E-state index in [1.807, 2.05) is 43.3 Å². The van der Waals surface area contributed by atoms with E-state index in [1.54, 1.807) is 18.2 Å². The Morgan fingerprint density at radius 2 is 1.58 bits per heavy atom. The molecule has 0 saturated carbocycles. The van der Waals surface area contributed by atoms with Crippen molar-refractivity contribution >= 4 is 15.9 Å². The highest BCUT2D eigenvalue weighted by atomic mass is 32.2. The third-order valence-corrected chi connectivity index (χ3v) is 4.66. The summed E-state index contributed by atoms with van der Waals surface area (Å²) < 4.78 is 24.5. The maximum Gasteiger partial charge on any atom is 0.182 e. The maximum atomic E-state index is 12.2. The first kappa shape index (κ1) is 13.6. The molecule has 0 unspecified atom stereocenters. The summed E-state index contributed by atoms with van der Waals surface area (Å²) in [6.45, 7) is 5.61. The molecule has 0 atom stereocenters. The molecule has 0 saturated heterocycles. The molecule has 0 N–H and O–H groups in total. The second kappa shape index (κ2) is 5.41. The molecule has 0 amide bonds. The van der Waals surface area contributed by atoms with Crippen molar-refractivity contribution in [2.75, 3.05) is 0 Å². The predicted molar refractivity (Wildman–Crippen MR) is 78.6 cm³/mol. The number of aryl methyl sites for hydroxylation is 1. The summed E-state index contributed by atoms with van der Waals surface area (Å²) in [5.74, 6) is 0.0213. The van der Waals surface area contributed by atoms with Crippen molar-refractivity contribution in [2.24, 2.45) is 0 Å². The van der Waals surface area contributed by atoms with Gasteiger partial charge in [-0.15, -0.1) is 0 Å². The molecule has 0 heterocycles. The van der Waals surface area contributed by atoms with Gasteiger partial charge in [-0.2, -0.15) is 0 Å². The molecule has 2 aromatic carbocycles. The lowest BCUT2D eigenvalue weighted by Crippen LogP contribution is -2.04. The lowest BCUT2D eigenvalue weighted by molar-refractivity contribution is 0.595. The van der Waals surface area contributed by atoms with Crippen molar-refractivity contribution in [2.45, 2.75) is 17.6 Å². The van der Waals surface area contributed by atoms with Gasteiger partial charge in [0, 0.05) is 0 Å². The minimum absolute atomic E-state index is 0.0213. The topological polar surface area (TPSA) is 34.1 Å². The zero-order valence-corrected chi connectivity index (χ0v) is 11.7. The van der Waals surface area contributed by atoms with Crippen LogP contribution in [0, 0.1) is 6.92 Å². The Morgan fingerprint density at radius 1 is 1.00 bits per heavy atom. The number of rotatable bonds is 4. The molecule has 2 rings (SSSR count). The Morgan fingerprint density at radius 3 is 2.11 bits per heavy atom. The van der Waals surface area contributed by atoms with Gasteiger partial charge in [-0.3, -0.25) is 0 Å². The number of sulfone groups is 1. The van der Waals surface area contributed by atoms with Crippen LogP contribution in [0.25, 0.3) is 6.08 Å². The molecule has 0 radical (unpaired) electrons. The number of benzene rings is 2. The van der Waals surface area contributed by atoms with Crippen LogP contribution >= 0.6 is 0 Å². The van der Waals surface area contributed by atoms with Gasteiger partial charge in [0.25, 0.3) is 0 Å². The van der Waals surface area contributed by atoms with E-state index in [0.717, 1.165) is 16.7 Å². The SMILES string of the molecule is C=Cc1ccc(CS(=O)(=O)c2ccc(C)cc2)cc1. The van der Waals surface area contributed by atoms with E-state index in [4.69, 9.17) is 0 Å². The lowest BCUT2D eigenvalue weighted by Gasteiger charge is -2.05. The Hall–Kier alpha value is -1.87. The van der Waals surface area contributed by atoms with Crippen molar-refractivity contribution in [1.82, 2.24) is 0 Å². The van der Waals surface area contributed by atoms with Crippen LogP contribution in [0.3, 0.4) is 0 Å². The minimum Gasteiger partial charge on any atom is -0.223 e. The molecule has 0 fully saturated rings. The monoisotopic (exact) mass is 272 g/mol. The predicted octanol–water partition coefficient (Wildman–Crippen LogP) is 3.61. The van der Waals surface area contributed by atoms with E-state index in [1.165, 1.54) is 0 Å². The summed E-state index contributed by atoms with van der Waals surface area (Å²) >= 11 is 0. The molecule has 0 aliphatic rings. The number of hydrogen-bond acceptors (Lipinski definition) is 2. The molecule has 0 aromatic heterocycles. The van der Waals surface area contributed by atoms with E-state index in [-0.39, 0.29) is 5.75 Å². The number of hydrogen-bond donors (Lipinski definition) is 0. The smallest absolute Gasteiger partial charge is 0.182 e. The largest absolute Gasteiger partial charge is 0.223 e. The summed E-state index contributed by atoms with van der Waals surface area (Å²) in [6, 6.07) is 14.3. The van der Waals surface area contributed by atoms with Crippen molar-refractivity contribution < 1.29 is 8.42 Å². The molecule has 0 aliphatic heterocycles. The lowest BCUT2D eigenvalue weighted by atomic mass is 10.1. The fourth-order valence-corrected chi connectivity index (χ4v) is 3.15. The summed E-state index contributed by atoms with van der Waals surface area (Å²) in [6.07, 6.45) is 1.73. The van der Waals surface area contributed by atoms with Crippen molar-refractivity contribution in [3.8, 4) is 0 Å². The normalized spacial score (nSPS) is 11.2. The first-order chi connectivity index (χ1) is 9.01. The van der Waals surface area contributed by atoms with Crippen LogP contribution in [0.15, 0.2) is 60.0 Å². The van der Waals surface area contributed by atoms with Crippen molar-refractivity contribution in [1.29, 1.82) is 0 Å². The first-order valence-electron chi connectivity index (χ1n) is 6.02. The van der Waals surface area contributed by atoms with E-state index < -0.39 is 9.84 Å². The van der Waals surface area contributed by atoms with E-state index in [0.29, 0.717) is 4.90 Å². The fraction of sp³-hybridized carbons (Fsp3) is 0.125. The molecule has 98 valence electrons. The van der Waals surface area contributed by atoms with Crippen LogP contribution in [0.1, 0.15) is 16.7 Å². The fourth-order valence-electron chi connectivity index (χ4n) is 1.80. The Bertz CT molecular complexity index is 666. The maximum absolute atomic E-state index is 12.2. The van der Waals surface area contributed by atoms with Crippen molar-refractivity contribution in [3.63, 3.8) is 0 Å². The molecule has 0 spiro atoms. The van der Waals surface area contributed by atoms with E-state index in [9.17, 15) is 8.42 Å². The van der Waals surface area contributed by atoms with Gasteiger partial charge in [-0.1, -0.05) is 54.6 Å². The second-order valence-electron chi connectivity index (χ2n) is 4.52. The highest BCUT2D eigenvalue weighted by Crippen LogP contribution is 2.17. The average Bonchev–Trinajstić information content (AvgIpc) is 2.40. The molecule has 19 heavy (non-hydrogen) atoms. The molecular formula is C16H16O2S. The van der Waals surface area contributed by atoms with Crippen LogP contribution in [-0.2, 0) is 15.6 Å². The van der Waals surface area contributed by atoms with Gasteiger partial charge in [0.05, 0.1) is 10.6 Å². The summed E-state index contributed by atoms with van der Waals surface area (Å²) in [7, 11) is -3.28.